The van der Waals surface area contributed by atoms with Crippen molar-refractivity contribution in [1.29, 1.82) is 0 Å². The maximum absolute atomic E-state index is 12.7. The molecule has 7 nitrogen and oxygen atoms in total. The second kappa shape index (κ2) is 8.08. The van der Waals surface area contributed by atoms with Gasteiger partial charge in [0.15, 0.2) is 0 Å². The topological polar surface area (TPSA) is 96.7 Å². The van der Waals surface area contributed by atoms with Crippen molar-refractivity contribution < 1.29 is 21.6 Å². The van der Waals surface area contributed by atoms with Crippen LogP contribution in [-0.2, 0) is 16.4 Å². The molecule has 142 valence electrons. The van der Waals surface area contributed by atoms with Crippen molar-refractivity contribution >= 4 is 37.9 Å². The summed E-state index contributed by atoms with van der Waals surface area (Å²) in [6.07, 6.45) is 2.50. The van der Waals surface area contributed by atoms with Crippen LogP contribution in [0, 0.1) is 6.92 Å². The number of hydrogen-bond donors (Lipinski definition) is 1. The van der Waals surface area contributed by atoms with Crippen molar-refractivity contribution in [3.05, 3.63) is 28.8 Å². The standard InChI is InChI=1S/C14H16F3N5O2S2/c1-3-4-5-10-7-11(19-21-13-20-18-8-25-13)12(6-9(10)2)22-26(23,24)14(15,16)17/h6-8,22H,3-5H2,1-2H3. The van der Waals surface area contributed by atoms with Gasteiger partial charge in [-0.1, -0.05) is 24.7 Å². The van der Waals surface area contributed by atoms with E-state index >= 15 is 0 Å². The molecule has 1 heterocycles. The van der Waals surface area contributed by atoms with Gasteiger partial charge < -0.3 is 0 Å². The van der Waals surface area contributed by atoms with Crippen LogP contribution in [0.15, 0.2) is 27.9 Å². The van der Waals surface area contributed by atoms with E-state index in [2.05, 4.69) is 20.4 Å². The SMILES string of the molecule is CCCCc1cc(N=Nc2nncs2)c(NS(=O)(=O)C(F)(F)F)cc1C. The molecule has 26 heavy (non-hydrogen) atoms. The Morgan fingerprint density at radius 1 is 1.27 bits per heavy atom. The van der Waals surface area contributed by atoms with Crippen LogP contribution in [0.4, 0.5) is 29.7 Å². The number of nitrogens with one attached hydrogen (secondary N) is 1. The molecule has 1 N–H and O–H groups in total. The van der Waals surface area contributed by atoms with E-state index in [1.165, 1.54) is 17.6 Å². The van der Waals surface area contributed by atoms with Gasteiger partial charge in [0.05, 0.1) is 5.69 Å². The minimum atomic E-state index is -5.57. The van der Waals surface area contributed by atoms with Crippen LogP contribution < -0.4 is 4.72 Å². The summed E-state index contributed by atoms with van der Waals surface area (Å²) in [5, 5.41) is 15.1. The number of alkyl halides is 3. The fourth-order valence-corrected chi connectivity index (χ4v) is 2.99. The zero-order valence-electron chi connectivity index (χ0n) is 13.9. The molecule has 0 bridgehead atoms. The number of benzene rings is 1. The quantitative estimate of drug-likeness (QED) is 0.663. The molecule has 0 amide bonds. The summed E-state index contributed by atoms with van der Waals surface area (Å²) >= 11 is 1.09. The van der Waals surface area contributed by atoms with E-state index in [4.69, 9.17) is 0 Å². The minimum Gasteiger partial charge on any atom is -0.274 e. The van der Waals surface area contributed by atoms with Gasteiger partial charge in [-0.25, -0.2) is 0 Å². The Morgan fingerprint density at radius 2 is 2.00 bits per heavy atom. The monoisotopic (exact) mass is 407 g/mol. The normalized spacial score (nSPS) is 12.7. The van der Waals surface area contributed by atoms with E-state index in [0.29, 0.717) is 12.0 Å². The first kappa shape index (κ1) is 20.2. The Kier molecular flexibility index (Phi) is 6.29. The molecule has 0 aliphatic carbocycles. The first-order valence-electron chi connectivity index (χ1n) is 7.54. The van der Waals surface area contributed by atoms with Gasteiger partial charge in [-0.2, -0.15) is 21.6 Å². The number of aryl methyl sites for hydroxylation is 2. The summed E-state index contributed by atoms with van der Waals surface area (Å²) < 4.78 is 62.5. The Morgan fingerprint density at radius 3 is 2.58 bits per heavy atom. The molecule has 0 saturated carbocycles. The number of nitrogens with zero attached hydrogens (tertiary/aromatic N) is 4. The fraction of sp³-hybridized carbons (Fsp3) is 0.429. The van der Waals surface area contributed by atoms with Crippen LogP contribution in [0.3, 0.4) is 0 Å². The van der Waals surface area contributed by atoms with Gasteiger partial charge in [-0.05, 0) is 43.0 Å². The smallest absolute Gasteiger partial charge is 0.274 e. The molecule has 0 saturated heterocycles. The lowest BCUT2D eigenvalue weighted by Gasteiger charge is -2.14. The molecule has 0 aliphatic heterocycles. The van der Waals surface area contributed by atoms with Gasteiger partial charge in [0.1, 0.15) is 11.2 Å². The highest BCUT2D eigenvalue weighted by atomic mass is 32.2. The average molecular weight is 407 g/mol. The number of hydrogen-bond acceptors (Lipinski definition) is 7. The summed E-state index contributed by atoms with van der Waals surface area (Å²) in [5.41, 5.74) is -2.82. The maximum atomic E-state index is 12.7. The largest absolute Gasteiger partial charge is 0.516 e. The number of sulfonamides is 1. The van der Waals surface area contributed by atoms with E-state index in [1.807, 2.05) is 6.92 Å². The lowest BCUT2D eigenvalue weighted by Crippen LogP contribution is -2.30. The highest BCUT2D eigenvalue weighted by Gasteiger charge is 2.46. The predicted octanol–water partition coefficient (Wildman–Crippen LogP) is 4.87. The minimum absolute atomic E-state index is 0.0234. The second-order valence-corrected chi connectivity index (χ2v) is 7.86. The van der Waals surface area contributed by atoms with Gasteiger partial charge in [0, 0.05) is 0 Å². The Balaban J connectivity index is 2.46. The Labute approximate surface area is 152 Å². The van der Waals surface area contributed by atoms with E-state index < -0.39 is 15.5 Å². The third-order valence-electron chi connectivity index (χ3n) is 3.39. The zero-order valence-corrected chi connectivity index (χ0v) is 15.5. The fourth-order valence-electron chi connectivity index (χ4n) is 2.05. The number of anilines is 1. The third kappa shape index (κ3) is 4.97. The van der Waals surface area contributed by atoms with Gasteiger partial charge >= 0.3 is 15.5 Å². The molecule has 12 heteroatoms. The molecule has 0 unspecified atom stereocenters. The van der Waals surface area contributed by atoms with Gasteiger partial charge in [-0.3, -0.25) is 4.72 Å². The van der Waals surface area contributed by atoms with Crippen molar-refractivity contribution in [3.63, 3.8) is 0 Å². The van der Waals surface area contributed by atoms with Crippen LogP contribution in [0.2, 0.25) is 0 Å². The number of halogens is 3. The first-order chi connectivity index (χ1) is 12.1. The molecular formula is C14H16F3N5O2S2. The molecule has 1 aromatic heterocycles. The van der Waals surface area contributed by atoms with E-state index in [1.54, 1.807) is 11.6 Å². The van der Waals surface area contributed by atoms with Crippen molar-refractivity contribution in [2.24, 2.45) is 10.2 Å². The van der Waals surface area contributed by atoms with Crippen LogP contribution in [-0.4, -0.2) is 24.1 Å². The molecular weight excluding hydrogens is 391 g/mol. The average Bonchev–Trinajstić information content (AvgIpc) is 3.05. The van der Waals surface area contributed by atoms with Crippen molar-refractivity contribution in [3.8, 4) is 0 Å². The lowest BCUT2D eigenvalue weighted by atomic mass is 10.0. The summed E-state index contributed by atoms with van der Waals surface area (Å²) in [5.74, 6) is 0. The number of azo groups is 1. The first-order valence-corrected chi connectivity index (χ1v) is 9.91. The molecule has 0 spiro atoms. The van der Waals surface area contributed by atoms with Crippen LogP contribution in [0.1, 0.15) is 30.9 Å². The van der Waals surface area contributed by atoms with Crippen molar-refractivity contribution in [1.82, 2.24) is 10.2 Å². The number of aromatic nitrogens is 2. The number of unbranched alkanes of at least 4 members (excludes halogenated alkanes) is 1. The summed E-state index contributed by atoms with van der Waals surface area (Å²) in [4.78, 5) is 0. The summed E-state index contributed by atoms with van der Waals surface area (Å²) in [6.45, 7) is 3.71. The van der Waals surface area contributed by atoms with E-state index in [0.717, 1.165) is 29.7 Å². The van der Waals surface area contributed by atoms with Crippen molar-refractivity contribution in [2.75, 3.05) is 4.72 Å². The predicted molar refractivity (Wildman–Crippen MR) is 92.5 cm³/mol. The van der Waals surface area contributed by atoms with E-state index in [-0.39, 0.29) is 16.5 Å². The molecule has 0 radical (unpaired) electrons. The van der Waals surface area contributed by atoms with Gasteiger partial charge in [-0.15, -0.1) is 20.4 Å². The molecule has 0 aliphatic rings. The molecule has 2 rings (SSSR count). The lowest BCUT2D eigenvalue weighted by molar-refractivity contribution is -0.0429. The number of rotatable bonds is 7. The van der Waals surface area contributed by atoms with Crippen LogP contribution in [0.25, 0.3) is 0 Å². The highest BCUT2D eigenvalue weighted by molar-refractivity contribution is 7.93. The molecule has 1 aromatic carbocycles. The maximum Gasteiger partial charge on any atom is 0.516 e. The molecule has 0 fully saturated rings. The van der Waals surface area contributed by atoms with Gasteiger partial charge in [0.25, 0.3) is 5.13 Å². The summed E-state index contributed by atoms with van der Waals surface area (Å²) in [6, 6.07) is 2.85. The second-order valence-electron chi connectivity index (χ2n) is 5.37. The molecule has 2 aromatic rings. The highest BCUT2D eigenvalue weighted by Crippen LogP contribution is 2.34. The zero-order chi connectivity index (χ0) is 19.4. The Hall–Kier alpha value is -2.08. The third-order valence-corrected chi connectivity index (χ3v) is 5.07. The van der Waals surface area contributed by atoms with Crippen LogP contribution in [0.5, 0.6) is 0 Å². The van der Waals surface area contributed by atoms with E-state index in [9.17, 15) is 21.6 Å². The van der Waals surface area contributed by atoms with Crippen LogP contribution >= 0.6 is 11.3 Å². The Bertz CT molecular complexity index is 881. The van der Waals surface area contributed by atoms with Crippen molar-refractivity contribution in [2.45, 2.75) is 38.6 Å². The summed E-state index contributed by atoms with van der Waals surface area (Å²) in [7, 11) is -5.57. The van der Waals surface area contributed by atoms with Gasteiger partial charge in [0.2, 0.25) is 0 Å². The molecule has 0 atom stereocenters.